The van der Waals surface area contributed by atoms with Crippen molar-refractivity contribution >= 4 is 25.3 Å². The van der Waals surface area contributed by atoms with Crippen molar-refractivity contribution in [2.75, 3.05) is 19.7 Å². The van der Waals surface area contributed by atoms with Crippen molar-refractivity contribution in [3.8, 4) is 40.1 Å². The Morgan fingerprint density at radius 2 is 1.81 bits per heavy atom. The molecule has 0 aliphatic carbocycles. The highest BCUT2D eigenvalue weighted by molar-refractivity contribution is 7.53. The summed E-state index contributed by atoms with van der Waals surface area (Å²) in [6.07, 6.45) is -0.706. The van der Waals surface area contributed by atoms with Gasteiger partial charge in [-0.25, -0.2) is 0 Å². The van der Waals surface area contributed by atoms with E-state index in [1.807, 2.05) is 0 Å². The molecule has 0 fully saturated rings. The monoisotopic (exact) mass is 465 g/mol. The molecule has 1 unspecified atom stereocenters. The molecule has 0 spiro atoms. The highest BCUT2D eigenvalue weighted by Gasteiger charge is 2.29. The van der Waals surface area contributed by atoms with Gasteiger partial charge in [-0.1, -0.05) is 0 Å². The summed E-state index contributed by atoms with van der Waals surface area (Å²) in [5.74, 6) is -2.56. The number of phenols is 4. The van der Waals surface area contributed by atoms with Crippen LogP contribution in [0.2, 0.25) is 0 Å². The average molecular weight is 465 g/mol. The van der Waals surface area contributed by atoms with Crippen LogP contribution < -0.4 is 10.2 Å². The van der Waals surface area contributed by atoms with Crippen LogP contribution in [0.5, 0.6) is 28.7 Å². The maximum Gasteiger partial charge on any atom is 0.369 e. The lowest BCUT2D eigenvalue weighted by Crippen LogP contribution is -2.13. The second-order valence-corrected chi connectivity index (χ2v) is 8.41. The summed E-state index contributed by atoms with van der Waals surface area (Å²) in [6.45, 7) is 4.48. The number of aromatic hydroxyl groups is 4. The van der Waals surface area contributed by atoms with E-state index in [0.717, 1.165) is 24.3 Å². The third-order valence-electron chi connectivity index (χ3n) is 4.19. The van der Waals surface area contributed by atoms with Crippen molar-refractivity contribution in [2.24, 2.45) is 4.99 Å². The van der Waals surface area contributed by atoms with E-state index in [4.69, 9.17) is 18.2 Å². The zero-order chi connectivity index (χ0) is 23.5. The van der Waals surface area contributed by atoms with Crippen LogP contribution in [0, 0.1) is 0 Å². The molecule has 1 atom stereocenters. The van der Waals surface area contributed by atoms with Gasteiger partial charge in [-0.3, -0.25) is 18.9 Å². The molecule has 32 heavy (non-hydrogen) atoms. The van der Waals surface area contributed by atoms with Gasteiger partial charge in [0, 0.05) is 17.7 Å². The Morgan fingerprint density at radius 3 is 2.47 bits per heavy atom. The van der Waals surface area contributed by atoms with Gasteiger partial charge in [-0.05, 0) is 31.8 Å². The first kappa shape index (κ1) is 23.1. The van der Waals surface area contributed by atoms with Gasteiger partial charge in [0.05, 0.1) is 6.61 Å². The molecule has 170 valence electrons. The van der Waals surface area contributed by atoms with Crippen LogP contribution in [-0.2, 0) is 13.6 Å². The fourth-order valence-corrected chi connectivity index (χ4v) is 4.00. The smallest absolute Gasteiger partial charge is 0.369 e. The fraction of sp³-hybridized carbons (Fsp3) is 0.200. The molecule has 0 bridgehead atoms. The highest BCUT2D eigenvalue weighted by Crippen LogP contribution is 2.48. The van der Waals surface area contributed by atoms with E-state index < -0.39 is 42.4 Å². The zero-order valence-electron chi connectivity index (χ0n) is 16.8. The minimum absolute atomic E-state index is 0.0167. The lowest BCUT2D eigenvalue weighted by atomic mass is 10.1. The first-order valence-electron chi connectivity index (χ1n) is 9.17. The molecule has 11 nitrogen and oxygen atoms in total. The van der Waals surface area contributed by atoms with E-state index in [1.54, 1.807) is 6.92 Å². The Labute approximate surface area is 181 Å². The maximum atomic E-state index is 13.2. The number of benzene rings is 2. The number of rotatable bonds is 9. The zero-order valence-corrected chi connectivity index (χ0v) is 17.7. The minimum Gasteiger partial charge on any atom is -0.508 e. The van der Waals surface area contributed by atoms with Crippen LogP contribution in [0.15, 0.2) is 44.5 Å². The number of nitrogens with zero attached hydrogens (tertiary/aromatic N) is 1. The normalized spacial score (nSPS) is 13.0. The molecule has 3 aromatic rings. The Kier molecular flexibility index (Phi) is 6.73. The molecule has 1 heterocycles. The third kappa shape index (κ3) is 4.70. The van der Waals surface area contributed by atoms with Crippen molar-refractivity contribution in [3.63, 3.8) is 0 Å². The molecule has 0 aliphatic rings. The Morgan fingerprint density at radius 1 is 1.06 bits per heavy atom. The highest BCUT2D eigenvalue weighted by atomic mass is 31.2. The standard InChI is InChI=1S/C20H20NO10P/c1-3-29-32(27,30-9-21-2)10-28-20-18(26)17-15(25)7-12(22)8-16(17)31-19(20)11-4-5-13(23)14(24)6-11/h4-8,22-25H,2-3,9-10H2,1H3. The minimum atomic E-state index is -3.86. The van der Waals surface area contributed by atoms with Crippen LogP contribution in [0.4, 0.5) is 0 Å². The first-order valence-corrected chi connectivity index (χ1v) is 10.9. The Hall–Kier alpha value is -3.53. The molecule has 0 saturated heterocycles. The number of ether oxygens (including phenoxy) is 1. The lowest BCUT2D eigenvalue weighted by Gasteiger charge is -2.18. The van der Waals surface area contributed by atoms with Crippen molar-refractivity contribution < 1.29 is 43.2 Å². The molecule has 1 aromatic heterocycles. The van der Waals surface area contributed by atoms with E-state index in [9.17, 15) is 29.8 Å². The second kappa shape index (κ2) is 9.31. The summed E-state index contributed by atoms with van der Waals surface area (Å²) in [5, 5.41) is 39.1. The van der Waals surface area contributed by atoms with Crippen molar-refractivity contribution in [1.82, 2.24) is 0 Å². The summed E-state index contributed by atoms with van der Waals surface area (Å²) < 4.78 is 34.2. The lowest BCUT2D eigenvalue weighted by molar-refractivity contribution is 0.194. The van der Waals surface area contributed by atoms with Crippen LogP contribution in [0.25, 0.3) is 22.3 Å². The third-order valence-corrected chi connectivity index (χ3v) is 5.80. The second-order valence-electron chi connectivity index (χ2n) is 6.41. The summed E-state index contributed by atoms with van der Waals surface area (Å²) in [6, 6.07) is 5.64. The molecule has 0 radical (unpaired) electrons. The van der Waals surface area contributed by atoms with Crippen LogP contribution in [0.3, 0.4) is 0 Å². The number of aliphatic imine (C=N–C) groups is 1. The number of fused-ring (bicyclic) bond motifs is 1. The van der Waals surface area contributed by atoms with Gasteiger partial charge in [-0.15, -0.1) is 0 Å². The van der Waals surface area contributed by atoms with Crippen molar-refractivity contribution in [1.29, 1.82) is 0 Å². The number of hydrogen-bond acceptors (Lipinski definition) is 11. The average Bonchev–Trinajstić information content (AvgIpc) is 2.73. The molecular formula is C20H20NO10P. The predicted octanol–water partition coefficient (Wildman–Crippen LogP) is 3.52. The van der Waals surface area contributed by atoms with Crippen molar-refractivity contribution in [2.45, 2.75) is 6.92 Å². The van der Waals surface area contributed by atoms with E-state index >= 15 is 0 Å². The number of hydrogen-bond donors (Lipinski definition) is 4. The quantitative estimate of drug-likeness (QED) is 0.208. The molecule has 4 N–H and O–H groups in total. The topological polar surface area (TPSA) is 168 Å². The van der Waals surface area contributed by atoms with Gasteiger partial charge in [0.2, 0.25) is 11.2 Å². The molecule has 0 amide bonds. The van der Waals surface area contributed by atoms with Gasteiger partial charge in [-0.2, -0.15) is 0 Å². The summed E-state index contributed by atoms with van der Waals surface area (Å²) in [7, 11) is -3.86. The van der Waals surface area contributed by atoms with Gasteiger partial charge in [0.15, 0.2) is 23.6 Å². The largest absolute Gasteiger partial charge is 0.508 e. The van der Waals surface area contributed by atoms with Crippen molar-refractivity contribution in [3.05, 3.63) is 40.6 Å². The Bertz CT molecular complexity index is 1270. The van der Waals surface area contributed by atoms with E-state index in [0.29, 0.717) is 0 Å². The van der Waals surface area contributed by atoms with Gasteiger partial charge < -0.3 is 34.1 Å². The maximum absolute atomic E-state index is 13.2. The number of phenolic OH excluding ortho intramolecular Hbond substituents is 4. The molecular weight excluding hydrogens is 445 g/mol. The van der Waals surface area contributed by atoms with E-state index in [2.05, 4.69) is 11.7 Å². The Balaban J connectivity index is 2.19. The van der Waals surface area contributed by atoms with Crippen LogP contribution in [-0.4, -0.2) is 46.8 Å². The van der Waals surface area contributed by atoms with Crippen LogP contribution in [0.1, 0.15) is 6.92 Å². The summed E-state index contributed by atoms with van der Waals surface area (Å²) in [4.78, 5) is 16.6. The van der Waals surface area contributed by atoms with E-state index in [-0.39, 0.29) is 41.4 Å². The van der Waals surface area contributed by atoms with Gasteiger partial charge >= 0.3 is 7.60 Å². The molecule has 3 rings (SSSR count). The molecule has 12 heteroatoms. The van der Waals surface area contributed by atoms with Crippen LogP contribution >= 0.6 is 7.60 Å². The molecule has 0 saturated carbocycles. The molecule has 2 aromatic carbocycles. The predicted molar refractivity (Wildman–Crippen MR) is 115 cm³/mol. The molecule has 0 aliphatic heterocycles. The van der Waals surface area contributed by atoms with E-state index in [1.165, 1.54) is 6.07 Å². The summed E-state index contributed by atoms with van der Waals surface area (Å²) in [5.41, 5.74) is -0.921. The fourth-order valence-electron chi connectivity index (χ4n) is 2.83. The van der Waals surface area contributed by atoms with Gasteiger partial charge in [0.1, 0.15) is 29.2 Å². The SMILES string of the molecule is C=NCOP(=O)(COc1c(-c2ccc(O)c(O)c2)oc2cc(O)cc(O)c2c1=O)OCC. The summed E-state index contributed by atoms with van der Waals surface area (Å²) >= 11 is 0. The van der Waals surface area contributed by atoms with Gasteiger partial charge in [0.25, 0.3) is 0 Å². The first-order chi connectivity index (χ1) is 15.2.